The maximum Gasteiger partial charge on any atom is 0.328 e. The maximum atomic E-state index is 13.7. The second kappa shape index (κ2) is 37.3. The van der Waals surface area contributed by atoms with Gasteiger partial charge in [-0.15, -0.1) is 0 Å². The highest BCUT2D eigenvalue weighted by Crippen LogP contribution is 2.31. The standard InChI is InChI=1S/C53H96N4O16/c1-3-5-7-9-11-13-15-17-19-21-33-72-46(64)28-25-39(49(67)73-34-22-20-18-16-14-12-10-8-6-4-2)56-44(62)26-27-45(63)57(31-23-29-54-50(68)52(70)35-40(58)47(65)41(59)36-52)32-24-30-55-51(69)53(71)37-42(60)48(66)43(61)38-53/h39-43,47-48,58-61,65-66,70-71H,3-38H2,1-2H3,(H,54,68)(H,55,69)(H,56,62)/t39-,40+,41+,42+,43+,47?,48?,52?,53?/m0/s1. The van der Waals surface area contributed by atoms with Crippen LogP contribution in [0.5, 0.6) is 0 Å². The van der Waals surface area contributed by atoms with Gasteiger partial charge in [-0.1, -0.05) is 129 Å². The molecule has 2 aliphatic carbocycles. The molecule has 0 aromatic rings. The zero-order valence-electron chi connectivity index (χ0n) is 44.3. The van der Waals surface area contributed by atoms with Gasteiger partial charge in [-0.25, -0.2) is 4.79 Å². The van der Waals surface area contributed by atoms with Gasteiger partial charge in [0.15, 0.2) is 0 Å². The van der Waals surface area contributed by atoms with E-state index in [0.29, 0.717) is 6.42 Å². The summed E-state index contributed by atoms with van der Waals surface area (Å²) >= 11 is 0. The van der Waals surface area contributed by atoms with Crippen molar-refractivity contribution >= 4 is 35.6 Å². The maximum absolute atomic E-state index is 13.7. The predicted molar refractivity (Wildman–Crippen MR) is 272 cm³/mol. The van der Waals surface area contributed by atoms with Gasteiger partial charge >= 0.3 is 11.9 Å². The highest BCUT2D eigenvalue weighted by molar-refractivity contribution is 5.88. The van der Waals surface area contributed by atoms with Crippen LogP contribution in [0.25, 0.3) is 0 Å². The molecule has 11 N–H and O–H groups in total. The summed E-state index contributed by atoms with van der Waals surface area (Å²) in [6.45, 7) is 4.72. The molecule has 0 heterocycles. The summed E-state index contributed by atoms with van der Waals surface area (Å²) in [5, 5.41) is 89.3. The van der Waals surface area contributed by atoms with Crippen molar-refractivity contribution in [2.24, 2.45) is 0 Å². The Morgan fingerprint density at radius 1 is 0.507 bits per heavy atom. The largest absolute Gasteiger partial charge is 0.466 e. The molecular formula is C53H96N4O16. The molecule has 5 atom stereocenters. The number of carbonyl (C=O) groups is 6. The van der Waals surface area contributed by atoms with E-state index in [1.54, 1.807) is 0 Å². The number of rotatable bonds is 40. The number of nitrogens with zero attached hydrogens (tertiary/aromatic N) is 1. The van der Waals surface area contributed by atoms with Gasteiger partial charge in [-0.2, -0.15) is 0 Å². The molecule has 0 unspecified atom stereocenters. The van der Waals surface area contributed by atoms with Crippen LogP contribution in [0.15, 0.2) is 0 Å². The molecule has 0 bridgehead atoms. The second-order valence-corrected chi connectivity index (χ2v) is 20.6. The molecule has 0 aliphatic heterocycles. The lowest BCUT2D eigenvalue weighted by molar-refractivity contribution is -0.172. The second-order valence-electron chi connectivity index (χ2n) is 20.6. The average molecular weight is 1050 g/mol. The number of ether oxygens (including phenoxy) is 2. The topological polar surface area (TPSA) is 322 Å². The fourth-order valence-corrected chi connectivity index (χ4v) is 9.42. The van der Waals surface area contributed by atoms with Gasteiger partial charge in [-0.3, -0.25) is 24.0 Å². The molecule has 20 heteroatoms. The van der Waals surface area contributed by atoms with Crippen molar-refractivity contribution in [2.75, 3.05) is 39.4 Å². The monoisotopic (exact) mass is 1040 g/mol. The van der Waals surface area contributed by atoms with E-state index in [4.69, 9.17) is 9.47 Å². The molecule has 2 fully saturated rings. The average Bonchev–Trinajstić information content (AvgIpc) is 3.35. The van der Waals surface area contributed by atoms with E-state index in [-0.39, 0.29) is 77.9 Å². The van der Waals surface area contributed by atoms with Crippen LogP contribution < -0.4 is 16.0 Å². The zero-order valence-corrected chi connectivity index (χ0v) is 44.3. The summed E-state index contributed by atoms with van der Waals surface area (Å²) in [6.07, 6.45) is 10.5. The highest BCUT2D eigenvalue weighted by atomic mass is 16.5. The van der Waals surface area contributed by atoms with E-state index >= 15 is 0 Å². The number of aliphatic hydroxyl groups excluding tert-OH is 6. The van der Waals surface area contributed by atoms with E-state index in [2.05, 4.69) is 29.8 Å². The van der Waals surface area contributed by atoms with Crippen molar-refractivity contribution in [2.45, 2.75) is 260 Å². The Morgan fingerprint density at radius 3 is 1.27 bits per heavy atom. The molecule has 424 valence electrons. The SMILES string of the molecule is CCCCCCCCCCCCOC(=O)CC[C@H](NC(=O)CCC(=O)N(CCCNC(=O)C1(O)C[C@@H](O)C(O)[C@H](O)C1)CCCNC(=O)C1(O)C[C@@H](O)C(O)[C@H](O)C1)C(=O)OCCCCCCCCCCCC. The van der Waals surface area contributed by atoms with E-state index in [1.165, 1.54) is 75.5 Å². The number of esters is 2. The van der Waals surface area contributed by atoms with Crippen LogP contribution in [0.4, 0.5) is 0 Å². The Labute approximate surface area is 434 Å². The van der Waals surface area contributed by atoms with Gasteiger partial charge in [0.05, 0.1) is 37.6 Å². The van der Waals surface area contributed by atoms with Gasteiger partial charge in [0, 0.05) is 71.1 Å². The van der Waals surface area contributed by atoms with Crippen molar-refractivity contribution in [3.8, 4) is 0 Å². The minimum absolute atomic E-state index is 0.0203. The Bertz CT molecular complexity index is 1510. The predicted octanol–water partition coefficient (Wildman–Crippen LogP) is 3.02. The Morgan fingerprint density at radius 2 is 0.877 bits per heavy atom. The molecule has 2 aliphatic rings. The summed E-state index contributed by atoms with van der Waals surface area (Å²) in [4.78, 5) is 80.4. The third-order valence-electron chi connectivity index (χ3n) is 14.1. The molecular weight excluding hydrogens is 949 g/mol. The third kappa shape index (κ3) is 26.7. The van der Waals surface area contributed by atoms with Crippen molar-refractivity contribution in [3.63, 3.8) is 0 Å². The quantitative estimate of drug-likeness (QED) is 0.0310. The number of nitrogens with one attached hydrogen (secondary N) is 3. The fraction of sp³-hybridized carbons (Fsp3) is 0.887. The van der Waals surface area contributed by atoms with Crippen LogP contribution in [0, 0.1) is 0 Å². The lowest BCUT2D eigenvalue weighted by Gasteiger charge is -2.39. The Kier molecular flexibility index (Phi) is 33.5. The number of unbranched alkanes of at least 4 members (excludes halogenated alkanes) is 18. The summed E-state index contributed by atoms with van der Waals surface area (Å²) in [5.41, 5.74) is -4.31. The zero-order chi connectivity index (χ0) is 54.1. The summed E-state index contributed by atoms with van der Waals surface area (Å²) in [5.74, 6) is -4.12. The Hall–Kier alpha value is -3.50. The molecule has 73 heavy (non-hydrogen) atoms. The molecule has 0 aromatic heterocycles. The Balaban J connectivity index is 2.00. The van der Waals surface area contributed by atoms with Crippen molar-refractivity contribution in [1.29, 1.82) is 0 Å². The van der Waals surface area contributed by atoms with Crippen LogP contribution in [-0.2, 0) is 38.2 Å². The van der Waals surface area contributed by atoms with E-state index in [0.717, 1.165) is 51.4 Å². The molecule has 2 rings (SSSR count). The first-order chi connectivity index (χ1) is 34.9. The highest BCUT2D eigenvalue weighted by Gasteiger charge is 2.49. The van der Waals surface area contributed by atoms with Crippen LogP contribution in [0.2, 0.25) is 0 Å². The van der Waals surface area contributed by atoms with Crippen LogP contribution in [0.3, 0.4) is 0 Å². The summed E-state index contributed by atoms with van der Waals surface area (Å²) in [6, 6.07) is -1.17. The number of aliphatic hydroxyl groups is 8. The van der Waals surface area contributed by atoms with Gasteiger partial charge in [0.2, 0.25) is 11.8 Å². The molecule has 0 saturated heterocycles. The summed E-state index contributed by atoms with van der Waals surface area (Å²) < 4.78 is 11.0. The third-order valence-corrected chi connectivity index (χ3v) is 14.1. The molecule has 20 nitrogen and oxygen atoms in total. The van der Waals surface area contributed by atoms with Crippen molar-refractivity contribution in [3.05, 3.63) is 0 Å². The molecule has 2 saturated carbocycles. The molecule has 0 radical (unpaired) electrons. The van der Waals surface area contributed by atoms with Gasteiger partial charge in [0.25, 0.3) is 11.8 Å². The summed E-state index contributed by atoms with van der Waals surface area (Å²) in [7, 11) is 0. The van der Waals surface area contributed by atoms with E-state index < -0.39 is 115 Å². The normalized spacial score (nSPS) is 24.3. The number of amides is 4. The first kappa shape index (κ1) is 65.6. The smallest absolute Gasteiger partial charge is 0.328 e. The van der Waals surface area contributed by atoms with E-state index in [1.807, 2.05) is 0 Å². The first-order valence-electron chi connectivity index (χ1n) is 27.9. The van der Waals surface area contributed by atoms with Crippen LogP contribution >= 0.6 is 0 Å². The van der Waals surface area contributed by atoms with Gasteiger partial charge in [-0.05, 0) is 32.1 Å². The minimum atomic E-state index is -2.16. The van der Waals surface area contributed by atoms with Crippen molar-refractivity contribution in [1.82, 2.24) is 20.9 Å². The lowest BCUT2D eigenvalue weighted by atomic mass is 9.79. The van der Waals surface area contributed by atoms with Gasteiger partial charge in [0.1, 0.15) is 29.5 Å². The number of carbonyl (C=O) groups excluding carboxylic acids is 6. The number of hydrogen-bond donors (Lipinski definition) is 11. The van der Waals surface area contributed by atoms with E-state index in [9.17, 15) is 69.6 Å². The molecule has 4 amide bonds. The van der Waals surface area contributed by atoms with Gasteiger partial charge < -0.3 is 71.2 Å². The lowest BCUT2D eigenvalue weighted by Crippen LogP contribution is -2.59. The van der Waals surface area contributed by atoms with Crippen LogP contribution in [0.1, 0.15) is 206 Å². The molecule has 0 spiro atoms. The number of hydrogen-bond acceptors (Lipinski definition) is 16. The van der Waals surface area contributed by atoms with Crippen molar-refractivity contribution < 1.29 is 79.1 Å². The fourth-order valence-electron chi connectivity index (χ4n) is 9.42. The molecule has 0 aromatic carbocycles. The van der Waals surface area contributed by atoms with Crippen LogP contribution in [-0.4, -0.2) is 175 Å². The minimum Gasteiger partial charge on any atom is -0.466 e. The first-order valence-corrected chi connectivity index (χ1v) is 27.9.